The van der Waals surface area contributed by atoms with Gasteiger partial charge in [0.05, 0.1) is 13.0 Å². The van der Waals surface area contributed by atoms with Crippen molar-refractivity contribution in [2.24, 2.45) is 22.2 Å². The number of primary amides is 1. The average Bonchev–Trinajstić information content (AvgIpc) is 3.81. The topological polar surface area (TPSA) is 326 Å². The summed E-state index contributed by atoms with van der Waals surface area (Å²) in [4.78, 5) is 111. The molecule has 13 N–H and O–H groups in total. The lowest BCUT2D eigenvalue weighted by Crippen LogP contribution is -2.59. The Morgan fingerprint density at radius 1 is 0.911 bits per heavy atom. The van der Waals surface area contributed by atoms with Crippen LogP contribution in [0.15, 0.2) is 35.5 Å². The van der Waals surface area contributed by atoms with E-state index < -0.39 is 90.5 Å². The number of carbonyl (C=O) groups excluding carboxylic acids is 7. The molecule has 0 radical (unpaired) electrons. The number of para-hydroxylation sites is 1. The van der Waals surface area contributed by atoms with Gasteiger partial charge in [-0.25, -0.2) is 0 Å². The van der Waals surface area contributed by atoms with Gasteiger partial charge in [0.25, 0.3) is 0 Å². The lowest BCUT2D eigenvalue weighted by atomic mass is 10.0. The Kier molecular flexibility index (Phi) is 17.7. The Bertz CT molecular complexity index is 1790. The van der Waals surface area contributed by atoms with Gasteiger partial charge in [-0.3, -0.25) is 43.3 Å². The number of hydrogen-bond acceptors (Lipinski definition) is 11. The number of amides is 7. The van der Waals surface area contributed by atoms with E-state index in [4.69, 9.17) is 17.2 Å². The third kappa shape index (κ3) is 13.7. The van der Waals surface area contributed by atoms with Crippen LogP contribution < -0.4 is 43.8 Å². The molecule has 5 unspecified atom stereocenters. The molecule has 56 heavy (non-hydrogen) atoms. The van der Waals surface area contributed by atoms with Crippen molar-refractivity contribution in [1.82, 2.24) is 36.5 Å². The standard InChI is InChI=1S/C34H49N11O9S2/c35-29(50)24(17-56)44-32(53)25-8-4-11-45(25)33(54)23(13-18-15-39-20-6-2-1-5-19(18)20)43-31(52)22(14-28(48)49)42-27(47)16-40-30(51)21(41-26(46)9-12-55)7-3-10-38-34(36)37/h1-2,5-6,15,21-25,39,55-56H,3-4,7-14,16-17H2,(H2,35,50)(H,40,51)(H,41,46)(H,42,47)(H,43,52)(H,44,53)(H,48,49)(H4,36,37,38). The predicted octanol–water partition coefficient (Wildman–Crippen LogP) is -2.98. The normalized spacial score (nSPS) is 15.8. The van der Waals surface area contributed by atoms with Crippen molar-refractivity contribution in [3.8, 4) is 0 Å². The zero-order valence-electron chi connectivity index (χ0n) is 30.5. The van der Waals surface area contributed by atoms with Crippen molar-refractivity contribution in [2.75, 3.05) is 31.1 Å². The van der Waals surface area contributed by atoms with E-state index in [1.54, 1.807) is 24.4 Å². The van der Waals surface area contributed by atoms with E-state index in [9.17, 15) is 43.5 Å². The van der Waals surface area contributed by atoms with Gasteiger partial charge in [-0.15, -0.1) is 0 Å². The van der Waals surface area contributed by atoms with Crippen LogP contribution in [0.4, 0.5) is 0 Å². The quantitative estimate of drug-likeness (QED) is 0.0246. The first-order valence-electron chi connectivity index (χ1n) is 17.8. The molecule has 1 aliphatic rings. The van der Waals surface area contributed by atoms with E-state index in [0.29, 0.717) is 18.4 Å². The van der Waals surface area contributed by atoms with Crippen molar-refractivity contribution < 1.29 is 43.5 Å². The molecule has 2 aromatic rings. The number of guanidine groups is 1. The molecule has 2 heterocycles. The van der Waals surface area contributed by atoms with Gasteiger partial charge >= 0.3 is 5.97 Å². The fourth-order valence-corrected chi connectivity index (χ4v) is 6.51. The number of aromatic nitrogens is 1. The van der Waals surface area contributed by atoms with Crippen LogP contribution >= 0.6 is 25.3 Å². The molecule has 5 atom stereocenters. The number of nitrogens with one attached hydrogen (secondary N) is 6. The fourth-order valence-electron chi connectivity index (χ4n) is 6.03. The van der Waals surface area contributed by atoms with Crippen LogP contribution in [-0.4, -0.2) is 130 Å². The number of carbonyl (C=O) groups is 8. The summed E-state index contributed by atoms with van der Waals surface area (Å²) in [6.45, 7) is -0.392. The maximum atomic E-state index is 14.2. The second-order valence-corrected chi connectivity index (χ2v) is 13.8. The lowest BCUT2D eigenvalue weighted by molar-refractivity contribution is -0.143. The lowest BCUT2D eigenvalue weighted by Gasteiger charge is -2.30. The summed E-state index contributed by atoms with van der Waals surface area (Å²) in [7, 11) is 0. The Morgan fingerprint density at radius 2 is 1.62 bits per heavy atom. The molecule has 1 fully saturated rings. The van der Waals surface area contributed by atoms with Crippen molar-refractivity contribution in [2.45, 2.75) is 75.2 Å². The van der Waals surface area contributed by atoms with Gasteiger partial charge in [0.2, 0.25) is 41.4 Å². The summed E-state index contributed by atoms with van der Waals surface area (Å²) in [6, 6.07) is 0.987. The summed E-state index contributed by atoms with van der Waals surface area (Å²) in [5.74, 6) is -6.73. The van der Waals surface area contributed by atoms with Crippen molar-refractivity contribution in [3.63, 3.8) is 0 Å². The van der Waals surface area contributed by atoms with Gasteiger partial charge in [-0.1, -0.05) is 18.2 Å². The number of aliphatic imine (C=N–C) groups is 1. The first kappa shape index (κ1) is 44.9. The highest BCUT2D eigenvalue weighted by Crippen LogP contribution is 2.23. The molecule has 0 bridgehead atoms. The number of carboxylic acids is 1. The monoisotopic (exact) mass is 819 g/mol. The highest BCUT2D eigenvalue weighted by atomic mass is 32.1. The second-order valence-electron chi connectivity index (χ2n) is 12.9. The molecule has 1 saturated heterocycles. The number of nitrogens with two attached hydrogens (primary N) is 3. The summed E-state index contributed by atoms with van der Waals surface area (Å²) in [5.41, 5.74) is 17.4. The van der Waals surface area contributed by atoms with Crippen molar-refractivity contribution in [1.29, 1.82) is 0 Å². The second kappa shape index (κ2) is 22.1. The smallest absolute Gasteiger partial charge is 0.305 e. The molecule has 1 aromatic carbocycles. The summed E-state index contributed by atoms with van der Waals surface area (Å²) < 4.78 is 0. The van der Waals surface area contributed by atoms with Gasteiger partial charge in [0.1, 0.15) is 30.2 Å². The minimum Gasteiger partial charge on any atom is -0.481 e. The highest BCUT2D eigenvalue weighted by molar-refractivity contribution is 7.80. The SMILES string of the molecule is NC(=O)C(CS)NC(=O)C1CCCN1C(=O)C(Cc1c[nH]c2ccccc12)NC(=O)C(CC(=O)O)NC(=O)CNC(=O)C(CCCN=C(N)N)NC(=O)CCS. The molecule has 306 valence electrons. The van der Waals surface area contributed by atoms with E-state index in [1.807, 2.05) is 6.07 Å². The molecule has 3 rings (SSSR count). The minimum atomic E-state index is -1.70. The number of benzene rings is 1. The number of thiol groups is 2. The first-order valence-corrected chi connectivity index (χ1v) is 19.0. The molecular formula is C34H49N11O9S2. The molecule has 7 amide bonds. The number of H-pyrrole nitrogens is 1. The van der Waals surface area contributed by atoms with Crippen LogP contribution in [-0.2, 0) is 44.8 Å². The zero-order chi connectivity index (χ0) is 41.4. The van der Waals surface area contributed by atoms with Crippen LogP contribution in [0.5, 0.6) is 0 Å². The number of nitrogens with zero attached hydrogens (tertiary/aromatic N) is 2. The van der Waals surface area contributed by atoms with Crippen LogP contribution in [0.2, 0.25) is 0 Å². The number of rotatable bonds is 22. The molecular weight excluding hydrogens is 771 g/mol. The molecule has 0 aliphatic carbocycles. The Balaban J connectivity index is 1.79. The number of fused-ring (bicyclic) bond motifs is 1. The largest absolute Gasteiger partial charge is 0.481 e. The van der Waals surface area contributed by atoms with Gasteiger partial charge in [-0.2, -0.15) is 25.3 Å². The third-order valence-corrected chi connectivity index (χ3v) is 9.37. The number of aromatic amines is 1. The van der Waals surface area contributed by atoms with Crippen molar-refractivity contribution >= 4 is 89.4 Å². The predicted molar refractivity (Wildman–Crippen MR) is 211 cm³/mol. The van der Waals surface area contributed by atoms with E-state index in [0.717, 1.165) is 10.9 Å². The molecule has 0 spiro atoms. The molecule has 1 aromatic heterocycles. The summed E-state index contributed by atoms with van der Waals surface area (Å²) in [6.07, 6.45) is 1.79. The average molecular weight is 820 g/mol. The Hall–Kier alpha value is -5.51. The molecule has 22 heteroatoms. The number of aliphatic carboxylic acids is 1. The van der Waals surface area contributed by atoms with E-state index in [-0.39, 0.29) is 56.2 Å². The van der Waals surface area contributed by atoms with E-state index >= 15 is 0 Å². The molecule has 0 saturated carbocycles. The first-order chi connectivity index (χ1) is 26.6. The van der Waals surface area contributed by atoms with Crippen LogP contribution in [0.25, 0.3) is 10.9 Å². The maximum absolute atomic E-state index is 14.2. The Labute approximate surface area is 333 Å². The maximum Gasteiger partial charge on any atom is 0.305 e. The van der Waals surface area contributed by atoms with Gasteiger partial charge < -0.3 is 58.8 Å². The third-order valence-electron chi connectivity index (χ3n) is 8.78. The van der Waals surface area contributed by atoms with Crippen LogP contribution in [0.1, 0.15) is 44.1 Å². The van der Waals surface area contributed by atoms with Crippen LogP contribution in [0, 0.1) is 0 Å². The number of hydrogen-bond donors (Lipinski definition) is 12. The van der Waals surface area contributed by atoms with Crippen LogP contribution in [0.3, 0.4) is 0 Å². The van der Waals surface area contributed by atoms with Crippen molar-refractivity contribution in [3.05, 3.63) is 36.0 Å². The fraction of sp³-hybridized carbons (Fsp3) is 0.500. The zero-order valence-corrected chi connectivity index (χ0v) is 32.3. The Morgan fingerprint density at radius 3 is 2.29 bits per heavy atom. The summed E-state index contributed by atoms with van der Waals surface area (Å²) in [5, 5.41) is 22.7. The van der Waals surface area contributed by atoms with E-state index in [1.165, 1.54) is 4.90 Å². The molecule has 1 aliphatic heterocycles. The highest BCUT2D eigenvalue weighted by Gasteiger charge is 2.39. The van der Waals surface area contributed by atoms with Gasteiger partial charge in [-0.05, 0) is 43.1 Å². The minimum absolute atomic E-state index is 0.0223. The van der Waals surface area contributed by atoms with E-state index in [2.05, 4.69) is 61.8 Å². The number of likely N-dealkylation sites (tertiary alicyclic amines) is 1. The summed E-state index contributed by atoms with van der Waals surface area (Å²) >= 11 is 8.07. The number of carboxylic acid groups (broad SMARTS) is 1. The van der Waals surface area contributed by atoms with Gasteiger partial charge in [0.15, 0.2) is 5.96 Å². The van der Waals surface area contributed by atoms with Gasteiger partial charge in [0, 0.05) is 48.8 Å². The molecule has 20 nitrogen and oxygen atoms in total.